The topological polar surface area (TPSA) is 68.5 Å². The third kappa shape index (κ3) is 2.59. The lowest BCUT2D eigenvalue weighted by Crippen LogP contribution is -1.96. The standard InChI is InChI=1S/C16H11FN6/c17-11-1-2-15-14(7-11)16(20-10-19-15)22-12-8-21-23(9-12)13-3-5-18-6-4-13/h1-10H,(H,19,20,22). The quantitative estimate of drug-likeness (QED) is 0.630. The highest BCUT2D eigenvalue weighted by atomic mass is 19.1. The highest BCUT2D eigenvalue weighted by Crippen LogP contribution is 2.23. The second kappa shape index (κ2) is 5.45. The van der Waals surface area contributed by atoms with Crippen molar-refractivity contribution >= 4 is 22.4 Å². The first-order chi connectivity index (χ1) is 11.3. The van der Waals surface area contributed by atoms with Crippen LogP contribution < -0.4 is 5.32 Å². The Morgan fingerprint density at radius 2 is 1.91 bits per heavy atom. The Hall–Kier alpha value is -3.35. The molecular weight excluding hydrogens is 295 g/mol. The first-order valence-electron chi connectivity index (χ1n) is 6.92. The van der Waals surface area contributed by atoms with E-state index < -0.39 is 0 Å². The summed E-state index contributed by atoms with van der Waals surface area (Å²) in [7, 11) is 0. The molecule has 4 aromatic rings. The predicted molar refractivity (Wildman–Crippen MR) is 84.1 cm³/mol. The first-order valence-corrected chi connectivity index (χ1v) is 6.92. The third-order valence-corrected chi connectivity index (χ3v) is 3.37. The Morgan fingerprint density at radius 3 is 2.78 bits per heavy atom. The van der Waals surface area contributed by atoms with Crippen molar-refractivity contribution in [3.05, 3.63) is 67.3 Å². The van der Waals surface area contributed by atoms with Crippen molar-refractivity contribution in [3.63, 3.8) is 0 Å². The molecule has 6 nitrogen and oxygen atoms in total. The number of nitrogens with zero attached hydrogens (tertiary/aromatic N) is 5. The maximum absolute atomic E-state index is 13.5. The minimum atomic E-state index is -0.331. The van der Waals surface area contributed by atoms with Crippen LogP contribution in [-0.2, 0) is 0 Å². The van der Waals surface area contributed by atoms with Gasteiger partial charge in [0, 0.05) is 17.8 Å². The minimum Gasteiger partial charge on any atom is -0.337 e. The molecule has 4 rings (SSSR count). The summed E-state index contributed by atoms with van der Waals surface area (Å²) in [6.07, 6.45) is 8.34. The smallest absolute Gasteiger partial charge is 0.141 e. The summed E-state index contributed by atoms with van der Waals surface area (Å²) in [5.41, 5.74) is 2.31. The predicted octanol–water partition coefficient (Wildman–Crippen LogP) is 3.09. The largest absolute Gasteiger partial charge is 0.337 e. The maximum Gasteiger partial charge on any atom is 0.141 e. The molecule has 0 fully saturated rings. The van der Waals surface area contributed by atoms with E-state index in [0.717, 1.165) is 11.4 Å². The zero-order valence-corrected chi connectivity index (χ0v) is 11.9. The SMILES string of the molecule is Fc1ccc2ncnc(Nc3cnn(-c4ccncc4)c3)c2c1. The molecule has 3 aromatic heterocycles. The van der Waals surface area contributed by atoms with Gasteiger partial charge in [-0.15, -0.1) is 0 Å². The van der Waals surface area contributed by atoms with Crippen molar-refractivity contribution in [2.75, 3.05) is 5.32 Å². The number of rotatable bonds is 3. The zero-order valence-electron chi connectivity index (χ0n) is 11.9. The summed E-state index contributed by atoms with van der Waals surface area (Å²) in [5.74, 6) is 0.201. The molecule has 1 N–H and O–H groups in total. The summed E-state index contributed by atoms with van der Waals surface area (Å²) in [6.45, 7) is 0. The van der Waals surface area contributed by atoms with Crippen molar-refractivity contribution < 1.29 is 4.39 Å². The Morgan fingerprint density at radius 1 is 1.04 bits per heavy atom. The number of anilines is 2. The summed E-state index contributed by atoms with van der Waals surface area (Å²) < 4.78 is 15.2. The van der Waals surface area contributed by atoms with E-state index in [1.54, 1.807) is 29.3 Å². The number of halogens is 1. The van der Waals surface area contributed by atoms with Crippen LogP contribution in [0.15, 0.2) is 61.4 Å². The number of fused-ring (bicyclic) bond motifs is 1. The van der Waals surface area contributed by atoms with Gasteiger partial charge in [0.05, 0.1) is 29.3 Å². The van der Waals surface area contributed by atoms with E-state index in [1.165, 1.54) is 18.5 Å². The molecule has 0 unspecified atom stereocenters. The van der Waals surface area contributed by atoms with Crippen molar-refractivity contribution in [3.8, 4) is 5.69 Å². The van der Waals surface area contributed by atoms with Gasteiger partial charge in [-0.25, -0.2) is 19.0 Å². The van der Waals surface area contributed by atoms with Crippen molar-refractivity contribution in [2.45, 2.75) is 0 Å². The third-order valence-electron chi connectivity index (χ3n) is 3.37. The van der Waals surface area contributed by atoms with Crippen LogP contribution in [0.5, 0.6) is 0 Å². The van der Waals surface area contributed by atoms with Crippen molar-refractivity contribution in [1.29, 1.82) is 0 Å². The normalized spacial score (nSPS) is 10.8. The number of hydrogen-bond donors (Lipinski definition) is 1. The summed E-state index contributed by atoms with van der Waals surface area (Å²) in [4.78, 5) is 12.3. The fourth-order valence-electron chi connectivity index (χ4n) is 2.29. The molecule has 1 aromatic carbocycles. The number of pyridine rings is 1. The van der Waals surface area contributed by atoms with E-state index in [-0.39, 0.29) is 5.82 Å². The summed E-state index contributed by atoms with van der Waals surface area (Å²) in [5, 5.41) is 8.05. The van der Waals surface area contributed by atoms with Crippen LogP contribution in [-0.4, -0.2) is 24.7 Å². The lowest BCUT2D eigenvalue weighted by molar-refractivity contribution is 0.629. The molecular formula is C16H11FN6. The Bertz CT molecular complexity index is 967. The van der Waals surface area contributed by atoms with Gasteiger partial charge in [-0.2, -0.15) is 5.10 Å². The van der Waals surface area contributed by atoms with E-state index in [1.807, 2.05) is 18.3 Å². The monoisotopic (exact) mass is 306 g/mol. The summed E-state index contributed by atoms with van der Waals surface area (Å²) >= 11 is 0. The molecule has 0 aliphatic carbocycles. The number of nitrogens with one attached hydrogen (secondary N) is 1. The lowest BCUT2D eigenvalue weighted by Gasteiger charge is -2.06. The average Bonchev–Trinajstić information content (AvgIpc) is 3.05. The fraction of sp³-hybridized carbons (Fsp3) is 0. The second-order valence-electron chi connectivity index (χ2n) is 4.89. The van der Waals surface area contributed by atoms with Crippen LogP contribution in [0.2, 0.25) is 0 Å². The molecule has 0 aliphatic heterocycles. The van der Waals surface area contributed by atoms with Crippen LogP contribution >= 0.6 is 0 Å². The molecule has 0 spiro atoms. The Kier molecular flexibility index (Phi) is 3.16. The van der Waals surface area contributed by atoms with Gasteiger partial charge in [0.25, 0.3) is 0 Å². The van der Waals surface area contributed by atoms with Crippen LogP contribution in [0.4, 0.5) is 15.9 Å². The molecule has 3 heterocycles. The van der Waals surface area contributed by atoms with E-state index in [9.17, 15) is 4.39 Å². The van der Waals surface area contributed by atoms with Gasteiger partial charge in [0.15, 0.2) is 0 Å². The van der Waals surface area contributed by atoms with Crippen LogP contribution in [0.1, 0.15) is 0 Å². The molecule has 0 aliphatic rings. The first kappa shape index (κ1) is 13.3. The average molecular weight is 306 g/mol. The maximum atomic E-state index is 13.5. The van der Waals surface area contributed by atoms with Crippen LogP contribution in [0.25, 0.3) is 16.6 Å². The molecule has 0 atom stereocenters. The van der Waals surface area contributed by atoms with E-state index in [0.29, 0.717) is 16.7 Å². The number of benzene rings is 1. The molecule has 0 saturated heterocycles. The number of aromatic nitrogens is 5. The van der Waals surface area contributed by atoms with Crippen molar-refractivity contribution in [2.24, 2.45) is 0 Å². The molecule has 0 radical (unpaired) electrons. The lowest BCUT2D eigenvalue weighted by atomic mass is 10.2. The minimum absolute atomic E-state index is 0.331. The molecule has 23 heavy (non-hydrogen) atoms. The van der Waals surface area contributed by atoms with Crippen LogP contribution in [0.3, 0.4) is 0 Å². The Labute approximate surface area is 130 Å². The van der Waals surface area contributed by atoms with Crippen LogP contribution in [0, 0.1) is 5.82 Å². The van der Waals surface area contributed by atoms with Gasteiger partial charge in [-0.05, 0) is 30.3 Å². The van der Waals surface area contributed by atoms with Gasteiger partial charge in [-0.1, -0.05) is 0 Å². The van der Waals surface area contributed by atoms with E-state index in [2.05, 4.69) is 25.4 Å². The Balaban J connectivity index is 1.69. The molecule has 0 bridgehead atoms. The highest BCUT2D eigenvalue weighted by Gasteiger charge is 2.07. The van der Waals surface area contributed by atoms with E-state index in [4.69, 9.17) is 0 Å². The van der Waals surface area contributed by atoms with Gasteiger partial charge < -0.3 is 5.32 Å². The number of hydrogen-bond acceptors (Lipinski definition) is 5. The summed E-state index contributed by atoms with van der Waals surface area (Å²) in [6, 6.07) is 8.11. The fourth-order valence-corrected chi connectivity index (χ4v) is 2.29. The van der Waals surface area contributed by atoms with Gasteiger partial charge in [0.1, 0.15) is 18.0 Å². The van der Waals surface area contributed by atoms with Gasteiger partial charge >= 0.3 is 0 Å². The molecule has 112 valence electrons. The second-order valence-corrected chi connectivity index (χ2v) is 4.89. The highest BCUT2D eigenvalue weighted by molar-refractivity contribution is 5.90. The van der Waals surface area contributed by atoms with Crippen molar-refractivity contribution in [1.82, 2.24) is 24.7 Å². The zero-order chi connectivity index (χ0) is 15.6. The molecule has 7 heteroatoms. The molecule has 0 saturated carbocycles. The van der Waals surface area contributed by atoms with E-state index >= 15 is 0 Å². The van der Waals surface area contributed by atoms with Gasteiger partial charge in [-0.3, -0.25) is 4.98 Å². The van der Waals surface area contributed by atoms with Gasteiger partial charge in [0.2, 0.25) is 0 Å². The molecule has 0 amide bonds.